The molecule has 3 rings (SSSR count). The molecule has 0 spiro atoms. The first-order valence-corrected chi connectivity index (χ1v) is 7.38. The van der Waals surface area contributed by atoms with Gasteiger partial charge in [-0.25, -0.2) is 0 Å². The predicted molar refractivity (Wildman–Crippen MR) is 67.7 cm³/mol. The third kappa shape index (κ3) is 2.82. The standard InChI is InChI=1S/C14H24N2O/c17-14(11-5-6-11)16-9-7-13(8-10-16)15-12-3-1-2-4-12/h11-13,15H,1-10H2. The molecular formula is C14H24N2O. The molecule has 3 aliphatic rings. The van der Waals surface area contributed by atoms with Gasteiger partial charge in [-0.2, -0.15) is 0 Å². The van der Waals surface area contributed by atoms with Crippen molar-refractivity contribution in [1.29, 1.82) is 0 Å². The average Bonchev–Trinajstić information content (AvgIpc) is 3.09. The summed E-state index contributed by atoms with van der Waals surface area (Å²) < 4.78 is 0. The Morgan fingerprint density at radius 2 is 1.47 bits per heavy atom. The van der Waals surface area contributed by atoms with Gasteiger partial charge in [0.2, 0.25) is 5.91 Å². The largest absolute Gasteiger partial charge is 0.342 e. The molecule has 1 N–H and O–H groups in total. The number of likely N-dealkylation sites (tertiary alicyclic amines) is 1. The van der Waals surface area contributed by atoms with E-state index < -0.39 is 0 Å². The number of carbonyl (C=O) groups excluding carboxylic acids is 1. The lowest BCUT2D eigenvalue weighted by atomic mass is 10.0. The van der Waals surface area contributed by atoms with Gasteiger partial charge in [0.25, 0.3) is 0 Å². The van der Waals surface area contributed by atoms with Crippen LogP contribution < -0.4 is 5.32 Å². The van der Waals surface area contributed by atoms with Crippen molar-refractivity contribution in [3.8, 4) is 0 Å². The van der Waals surface area contributed by atoms with Crippen molar-refractivity contribution in [2.75, 3.05) is 13.1 Å². The Hall–Kier alpha value is -0.570. The van der Waals surface area contributed by atoms with E-state index in [0.29, 0.717) is 17.9 Å². The zero-order valence-corrected chi connectivity index (χ0v) is 10.7. The van der Waals surface area contributed by atoms with Crippen LogP contribution in [0, 0.1) is 5.92 Å². The first-order chi connectivity index (χ1) is 8.33. The van der Waals surface area contributed by atoms with E-state index in [-0.39, 0.29) is 0 Å². The van der Waals surface area contributed by atoms with Gasteiger partial charge in [0.15, 0.2) is 0 Å². The predicted octanol–water partition coefficient (Wildman–Crippen LogP) is 1.92. The molecule has 0 aromatic carbocycles. The van der Waals surface area contributed by atoms with Gasteiger partial charge in [-0.3, -0.25) is 4.79 Å². The first kappa shape index (κ1) is 11.5. The summed E-state index contributed by atoms with van der Waals surface area (Å²) in [5.74, 6) is 0.832. The number of carbonyl (C=O) groups is 1. The molecule has 96 valence electrons. The average molecular weight is 236 g/mol. The zero-order chi connectivity index (χ0) is 11.7. The maximum absolute atomic E-state index is 11.9. The summed E-state index contributed by atoms with van der Waals surface area (Å²) in [5.41, 5.74) is 0. The van der Waals surface area contributed by atoms with Gasteiger partial charge in [-0.05, 0) is 38.5 Å². The van der Waals surface area contributed by atoms with Gasteiger partial charge in [0.1, 0.15) is 0 Å². The minimum Gasteiger partial charge on any atom is -0.342 e. The third-order valence-corrected chi connectivity index (χ3v) is 4.56. The molecule has 0 bridgehead atoms. The van der Waals surface area contributed by atoms with Crippen LogP contribution in [0.3, 0.4) is 0 Å². The fourth-order valence-corrected chi connectivity index (χ4v) is 3.28. The molecule has 2 saturated carbocycles. The number of amides is 1. The SMILES string of the molecule is O=C(C1CC1)N1CCC(NC2CCCC2)CC1. The zero-order valence-electron chi connectivity index (χ0n) is 10.7. The van der Waals surface area contributed by atoms with Crippen LogP contribution in [0.2, 0.25) is 0 Å². The molecule has 0 unspecified atom stereocenters. The normalized spacial score (nSPS) is 27.6. The summed E-state index contributed by atoms with van der Waals surface area (Å²) in [7, 11) is 0. The fourth-order valence-electron chi connectivity index (χ4n) is 3.28. The number of nitrogens with one attached hydrogen (secondary N) is 1. The quantitative estimate of drug-likeness (QED) is 0.812. The maximum atomic E-state index is 11.9. The lowest BCUT2D eigenvalue weighted by molar-refractivity contribution is -0.133. The summed E-state index contributed by atoms with van der Waals surface area (Å²) in [6.07, 6.45) is 10.1. The Bertz CT molecular complexity index is 274. The molecule has 0 aromatic rings. The van der Waals surface area contributed by atoms with Crippen LogP contribution in [0.25, 0.3) is 0 Å². The van der Waals surface area contributed by atoms with Gasteiger partial charge < -0.3 is 10.2 Å². The van der Waals surface area contributed by atoms with Gasteiger partial charge in [0.05, 0.1) is 0 Å². The van der Waals surface area contributed by atoms with E-state index in [2.05, 4.69) is 10.2 Å². The van der Waals surface area contributed by atoms with Crippen molar-refractivity contribution >= 4 is 5.91 Å². The molecule has 1 amide bonds. The molecule has 0 radical (unpaired) electrons. The summed E-state index contributed by atoms with van der Waals surface area (Å²) in [6.45, 7) is 1.97. The topological polar surface area (TPSA) is 32.3 Å². The van der Waals surface area contributed by atoms with Gasteiger partial charge >= 0.3 is 0 Å². The molecule has 3 nitrogen and oxygen atoms in total. The van der Waals surface area contributed by atoms with Crippen LogP contribution >= 0.6 is 0 Å². The molecule has 0 atom stereocenters. The lowest BCUT2D eigenvalue weighted by Gasteiger charge is -2.34. The monoisotopic (exact) mass is 236 g/mol. The van der Waals surface area contributed by atoms with Crippen molar-refractivity contribution < 1.29 is 4.79 Å². The Morgan fingerprint density at radius 1 is 0.882 bits per heavy atom. The van der Waals surface area contributed by atoms with E-state index in [1.165, 1.54) is 25.7 Å². The lowest BCUT2D eigenvalue weighted by Crippen LogP contribution is -2.47. The van der Waals surface area contributed by atoms with E-state index in [4.69, 9.17) is 0 Å². The summed E-state index contributed by atoms with van der Waals surface area (Å²) in [5, 5.41) is 3.78. The van der Waals surface area contributed by atoms with E-state index in [1.807, 2.05) is 0 Å². The first-order valence-electron chi connectivity index (χ1n) is 7.38. The molecule has 1 heterocycles. The van der Waals surface area contributed by atoms with Gasteiger partial charge in [0, 0.05) is 31.1 Å². The summed E-state index contributed by atoms with van der Waals surface area (Å²) in [6, 6.07) is 1.44. The van der Waals surface area contributed by atoms with E-state index in [1.54, 1.807) is 0 Å². The van der Waals surface area contributed by atoms with Crippen molar-refractivity contribution in [2.24, 2.45) is 5.92 Å². The Morgan fingerprint density at radius 3 is 2.06 bits per heavy atom. The van der Waals surface area contributed by atoms with Crippen LogP contribution in [0.1, 0.15) is 51.4 Å². The number of hydrogen-bond donors (Lipinski definition) is 1. The van der Waals surface area contributed by atoms with E-state index in [9.17, 15) is 4.79 Å². The highest BCUT2D eigenvalue weighted by Crippen LogP contribution is 2.32. The van der Waals surface area contributed by atoms with Gasteiger partial charge in [-0.1, -0.05) is 12.8 Å². The van der Waals surface area contributed by atoms with E-state index in [0.717, 1.165) is 44.8 Å². The third-order valence-electron chi connectivity index (χ3n) is 4.56. The maximum Gasteiger partial charge on any atom is 0.225 e. The minimum atomic E-state index is 0.398. The Labute approximate surface area is 104 Å². The highest BCUT2D eigenvalue weighted by Gasteiger charge is 2.35. The molecule has 2 aliphatic carbocycles. The van der Waals surface area contributed by atoms with Crippen LogP contribution in [-0.2, 0) is 4.79 Å². The van der Waals surface area contributed by atoms with Crippen molar-refractivity contribution in [3.05, 3.63) is 0 Å². The Kier molecular flexibility index (Phi) is 3.37. The molecule has 1 saturated heterocycles. The smallest absolute Gasteiger partial charge is 0.225 e. The van der Waals surface area contributed by atoms with Crippen LogP contribution in [0.4, 0.5) is 0 Å². The molecule has 0 aromatic heterocycles. The summed E-state index contributed by atoms with van der Waals surface area (Å²) in [4.78, 5) is 14.0. The molecule has 3 fully saturated rings. The second-order valence-corrected chi connectivity index (χ2v) is 6.02. The van der Waals surface area contributed by atoms with E-state index >= 15 is 0 Å². The second kappa shape index (κ2) is 4.97. The second-order valence-electron chi connectivity index (χ2n) is 6.02. The fraction of sp³-hybridized carbons (Fsp3) is 0.929. The highest BCUT2D eigenvalue weighted by atomic mass is 16.2. The number of piperidine rings is 1. The minimum absolute atomic E-state index is 0.398. The number of rotatable bonds is 3. The number of nitrogens with zero attached hydrogens (tertiary/aromatic N) is 1. The van der Waals surface area contributed by atoms with Crippen LogP contribution in [-0.4, -0.2) is 36.0 Å². The van der Waals surface area contributed by atoms with Crippen molar-refractivity contribution in [1.82, 2.24) is 10.2 Å². The highest BCUT2D eigenvalue weighted by molar-refractivity contribution is 5.81. The van der Waals surface area contributed by atoms with Crippen molar-refractivity contribution in [2.45, 2.75) is 63.5 Å². The number of hydrogen-bond acceptors (Lipinski definition) is 2. The summed E-state index contributed by atoms with van der Waals surface area (Å²) >= 11 is 0. The molecule has 1 aliphatic heterocycles. The molecule has 17 heavy (non-hydrogen) atoms. The van der Waals surface area contributed by atoms with Crippen LogP contribution in [0.5, 0.6) is 0 Å². The molecule has 3 heteroatoms. The van der Waals surface area contributed by atoms with Crippen LogP contribution in [0.15, 0.2) is 0 Å². The molecular weight excluding hydrogens is 212 g/mol. The van der Waals surface area contributed by atoms with Gasteiger partial charge in [-0.15, -0.1) is 0 Å². The Balaban J connectivity index is 1.41. The van der Waals surface area contributed by atoms with Crippen molar-refractivity contribution in [3.63, 3.8) is 0 Å².